The molecule has 0 bridgehead atoms. The number of phenolic OH excluding ortho intramolecular Hbond substituents is 1. The molecule has 92 valence electrons. The molecule has 0 spiro atoms. The number of aromatic hydroxyl groups is 1. The van der Waals surface area contributed by atoms with Crippen LogP contribution in [0.1, 0.15) is 23.7 Å². The molecule has 1 aliphatic rings. The van der Waals surface area contributed by atoms with Crippen LogP contribution < -0.4 is 5.32 Å². The smallest absolute Gasteiger partial charge is 0.255 e. The fourth-order valence-corrected chi connectivity index (χ4v) is 1.86. The van der Waals surface area contributed by atoms with E-state index in [1.54, 1.807) is 0 Å². The van der Waals surface area contributed by atoms with Gasteiger partial charge in [0.25, 0.3) is 5.91 Å². The van der Waals surface area contributed by atoms with Gasteiger partial charge in [-0.3, -0.25) is 4.79 Å². The van der Waals surface area contributed by atoms with Crippen LogP contribution in [0.3, 0.4) is 0 Å². The number of hydrogen-bond acceptors (Lipinski definition) is 3. The Balaban J connectivity index is 2.09. The molecule has 2 atom stereocenters. The highest BCUT2D eigenvalue weighted by molar-refractivity contribution is 5.97. The van der Waals surface area contributed by atoms with Crippen LogP contribution in [0.4, 0.5) is 4.39 Å². The summed E-state index contributed by atoms with van der Waals surface area (Å²) in [6.07, 6.45) is 0.705. The largest absolute Gasteiger partial charge is 0.507 e. The van der Waals surface area contributed by atoms with Gasteiger partial charge in [-0.2, -0.15) is 0 Å². The van der Waals surface area contributed by atoms with Crippen LogP contribution in [-0.4, -0.2) is 29.8 Å². The molecule has 2 N–H and O–H groups in total. The van der Waals surface area contributed by atoms with Gasteiger partial charge in [-0.25, -0.2) is 4.39 Å². The average Bonchev–Trinajstić information content (AvgIpc) is 2.64. The predicted octanol–water partition coefficient (Wildman–Crippen LogP) is 1.44. The molecular weight excluding hydrogens is 225 g/mol. The lowest BCUT2D eigenvalue weighted by Crippen LogP contribution is -2.39. The first kappa shape index (κ1) is 11.9. The SMILES string of the molecule is CC1OCCC1NC(=O)c1ccc(F)cc1O. The van der Waals surface area contributed by atoms with E-state index in [0.717, 1.165) is 18.6 Å². The minimum Gasteiger partial charge on any atom is -0.507 e. The van der Waals surface area contributed by atoms with Gasteiger partial charge < -0.3 is 15.2 Å². The van der Waals surface area contributed by atoms with E-state index in [1.165, 1.54) is 6.07 Å². The summed E-state index contributed by atoms with van der Waals surface area (Å²) >= 11 is 0. The fourth-order valence-electron chi connectivity index (χ4n) is 1.86. The summed E-state index contributed by atoms with van der Waals surface area (Å²) in [7, 11) is 0. The van der Waals surface area contributed by atoms with E-state index < -0.39 is 11.7 Å². The van der Waals surface area contributed by atoms with Crippen molar-refractivity contribution in [2.24, 2.45) is 0 Å². The van der Waals surface area contributed by atoms with E-state index in [0.29, 0.717) is 6.61 Å². The Labute approximate surface area is 98.4 Å². The van der Waals surface area contributed by atoms with Crippen LogP contribution in [0.15, 0.2) is 18.2 Å². The van der Waals surface area contributed by atoms with Gasteiger partial charge in [0.05, 0.1) is 17.7 Å². The monoisotopic (exact) mass is 239 g/mol. The summed E-state index contributed by atoms with van der Waals surface area (Å²) in [6, 6.07) is 3.26. The first-order chi connectivity index (χ1) is 8.08. The predicted molar refractivity (Wildman–Crippen MR) is 59.4 cm³/mol. The Morgan fingerprint density at radius 3 is 2.94 bits per heavy atom. The van der Waals surface area contributed by atoms with Crippen molar-refractivity contribution in [3.63, 3.8) is 0 Å². The van der Waals surface area contributed by atoms with Gasteiger partial charge >= 0.3 is 0 Å². The number of nitrogens with one attached hydrogen (secondary N) is 1. The van der Waals surface area contributed by atoms with Crippen molar-refractivity contribution in [1.29, 1.82) is 0 Å². The third-order valence-corrected chi connectivity index (χ3v) is 2.90. The zero-order valence-corrected chi connectivity index (χ0v) is 9.44. The minimum atomic E-state index is -0.573. The third kappa shape index (κ3) is 2.55. The van der Waals surface area contributed by atoms with Crippen molar-refractivity contribution >= 4 is 5.91 Å². The molecule has 1 fully saturated rings. The summed E-state index contributed by atoms with van der Waals surface area (Å²) in [4.78, 5) is 11.8. The summed E-state index contributed by atoms with van der Waals surface area (Å²) < 4.78 is 18.1. The maximum Gasteiger partial charge on any atom is 0.255 e. The number of carbonyl (C=O) groups excluding carboxylic acids is 1. The molecule has 17 heavy (non-hydrogen) atoms. The Bertz CT molecular complexity index is 436. The maximum absolute atomic E-state index is 12.8. The number of ether oxygens (including phenoxy) is 1. The number of hydrogen-bond donors (Lipinski definition) is 2. The lowest BCUT2D eigenvalue weighted by Gasteiger charge is -2.16. The van der Waals surface area contributed by atoms with E-state index in [1.807, 2.05) is 6.92 Å². The molecule has 0 aliphatic carbocycles. The lowest BCUT2D eigenvalue weighted by molar-refractivity contribution is 0.0864. The molecule has 2 rings (SSSR count). The van der Waals surface area contributed by atoms with Crippen LogP contribution in [-0.2, 0) is 4.74 Å². The minimum absolute atomic E-state index is 0.0402. The molecule has 4 nitrogen and oxygen atoms in total. The number of carbonyl (C=O) groups is 1. The Kier molecular flexibility index (Phi) is 3.28. The molecule has 0 saturated carbocycles. The number of halogens is 1. The van der Waals surface area contributed by atoms with E-state index in [2.05, 4.69) is 5.32 Å². The fraction of sp³-hybridized carbons (Fsp3) is 0.417. The normalized spacial score (nSPS) is 23.6. The zero-order chi connectivity index (χ0) is 12.4. The molecule has 1 aliphatic heterocycles. The second-order valence-corrected chi connectivity index (χ2v) is 4.11. The molecule has 1 aromatic rings. The average molecular weight is 239 g/mol. The van der Waals surface area contributed by atoms with Crippen molar-refractivity contribution in [2.45, 2.75) is 25.5 Å². The molecule has 2 unspecified atom stereocenters. The highest BCUT2D eigenvalue weighted by Crippen LogP contribution is 2.19. The van der Waals surface area contributed by atoms with Crippen molar-refractivity contribution in [3.8, 4) is 5.75 Å². The van der Waals surface area contributed by atoms with Crippen LogP contribution >= 0.6 is 0 Å². The molecular formula is C12H14FNO3. The summed E-state index contributed by atoms with van der Waals surface area (Å²) in [5, 5.41) is 12.2. The molecule has 0 aromatic heterocycles. The number of amides is 1. The lowest BCUT2D eigenvalue weighted by atomic mass is 10.1. The summed E-state index contributed by atoms with van der Waals surface area (Å²) in [6.45, 7) is 2.49. The topological polar surface area (TPSA) is 58.6 Å². The zero-order valence-electron chi connectivity index (χ0n) is 9.44. The maximum atomic E-state index is 12.8. The van der Waals surface area contributed by atoms with Crippen molar-refractivity contribution in [2.75, 3.05) is 6.61 Å². The van der Waals surface area contributed by atoms with Crippen molar-refractivity contribution in [1.82, 2.24) is 5.32 Å². The Morgan fingerprint density at radius 2 is 2.35 bits per heavy atom. The van der Waals surface area contributed by atoms with E-state index in [-0.39, 0.29) is 23.5 Å². The van der Waals surface area contributed by atoms with Gasteiger partial charge in [-0.1, -0.05) is 0 Å². The van der Waals surface area contributed by atoms with Gasteiger partial charge in [0.15, 0.2) is 0 Å². The van der Waals surface area contributed by atoms with Gasteiger partial charge in [0.2, 0.25) is 0 Å². The molecule has 0 radical (unpaired) electrons. The Morgan fingerprint density at radius 1 is 1.59 bits per heavy atom. The molecule has 1 heterocycles. The number of rotatable bonds is 2. The van der Waals surface area contributed by atoms with Crippen LogP contribution in [0.25, 0.3) is 0 Å². The van der Waals surface area contributed by atoms with Crippen molar-refractivity contribution in [3.05, 3.63) is 29.6 Å². The highest BCUT2D eigenvalue weighted by atomic mass is 19.1. The number of benzene rings is 1. The van der Waals surface area contributed by atoms with Gasteiger partial charge in [0, 0.05) is 12.7 Å². The number of phenols is 1. The summed E-state index contributed by atoms with van der Waals surface area (Å²) in [5.41, 5.74) is 0.0745. The van der Waals surface area contributed by atoms with Crippen molar-refractivity contribution < 1.29 is 19.0 Å². The van der Waals surface area contributed by atoms with Crippen LogP contribution in [0, 0.1) is 5.82 Å². The highest BCUT2D eigenvalue weighted by Gasteiger charge is 2.26. The van der Waals surface area contributed by atoms with Gasteiger partial charge in [-0.15, -0.1) is 0 Å². The second-order valence-electron chi connectivity index (χ2n) is 4.11. The van der Waals surface area contributed by atoms with E-state index in [9.17, 15) is 14.3 Å². The van der Waals surface area contributed by atoms with E-state index >= 15 is 0 Å². The van der Waals surface area contributed by atoms with Crippen LogP contribution in [0.5, 0.6) is 5.75 Å². The first-order valence-corrected chi connectivity index (χ1v) is 5.49. The van der Waals surface area contributed by atoms with E-state index in [4.69, 9.17) is 4.74 Å². The summed E-state index contributed by atoms with van der Waals surface area (Å²) in [5.74, 6) is -1.34. The van der Waals surface area contributed by atoms with Crippen LogP contribution in [0.2, 0.25) is 0 Å². The van der Waals surface area contributed by atoms with Gasteiger partial charge in [-0.05, 0) is 25.5 Å². The Hall–Kier alpha value is -1.62. The molecule has 1 amide bonds. The third-order valence-electron chi connectivity index (χ3n) is 2.90. The standard InChI is InChI=1S/C12H14FNO3/c1-7-10(4-5-17-7)14-12(16)9-3-2-8(13)6-11(9)15/h2-3,6-7,10,15H,4-5H2,1H3,(H,14,16). The molecule has 5 heteroatoms. The van der Waals surface area contributed by atoms with Gasteiger partial charge in [0.1, 0.15) is 11.6 Å². The molecule has 1 aromatic carbocycles. The second kappa shape index (κ2) is 4.71. The quantitative estimate of drug-likeness (QED) is 0.821. The molecule has 1 saturated heterocycles. The first-order valence-electron chi connectivity index (χ1n) is 5.49.